The Bertz CT molecular complexity index is 669. The van der Waals surface area contributed by atoms with Gasteiger partial charge in [-0.15, -0.1) is 11.3 Å². The molecule has 2 saturated heterocycles. The predicted octanol–water partition coefficient (Wildman–Crippen LogP) is 3.14. The van der Waals surface area contributed by atoms with Gasteiger partial charge in [-0.25, -0.2) is 5.01 Å². The number of fused-ring (bicyclic) bond motifs is 1. The number of hydrogen-bond donors (Lipinski definition) is 0. The zero-order valence-corrected chi connectivity index (χ0v) is 14.9. The fraction of sp³-hybridized carbons (Fsp3) is 0.625. The molecule has 1 amide bonds. The summed E-state index contributed by atoms with van der Waals surface area (Å²) in [4.78, 5) is 25.4. The van der Waals surface area contributed by atoms with Crippen LogP contribution in [0.5, 0.6) is 0 Å². The van der Waals surface area contributed by atoms with Gasteiger partial charge >= 0.3 is 12.1 Å². The highest BCUT2D eigenvalue weighted by atomic mass is 32.1. The molecule has 1 aromatic rings. The van der Waals surface area contributed by atoms with Crippen molar-refractivity contribution in [3.8, 4) is 0 Å². The molecule has 0 aliphatic carbocycles. The smallest absolute Gasteiger partial charge is 0.411 e. The lowest BCUT2D eigenvalue weighted by molar-refractivity contribution is -0.207. The summed E-state index contributed by atoms with van der Waals surface area (Å²) in [5.74, 6) is -3.06. The van der Waals surface area contributed by atoms with E-state index < -0.39 is 41.7 Å². The van der Waals surface area contributed by atoms with Crippen molar-refractivity contribution in [3.05, 3.63) is 22.4 Å². The molecule has 1 aromatic heterocycles. The third-order valence-electron chi connectivity index (χ3n) is 4.20. The number of nitrogens with zero attached hydrogens (tertiary/aromatic N) is 2. The third-order valence-corrected chi connectivity index (χ3v) is 5.14. The maximum absolute atomic E-state index is 13.8. The van der Waals surface area contributed by atoms with Crippen LogP contribution in [0.1, 0.15) is 38.1 Å². The van der Waals surface area contributed by atoms with Crippen molar-refractivity contribution in [3.63, 3.8) is 0 Å². The van der Waals surface area contributed by atoms with Gasteiger partial charge < -0.3 is 4.74 Å². The van der Waals surface area contributed by atoms with E-state index >= 15 is 0 Å². The molecule has 2 aliphatic heterocycles. The first-order chi connectivity index (χ1) is 11.5. The van der Waals surface area contributed by atoms with Crippen LogP contribution in [0.3, 0.4) is 0 Å². The average Bonchev–Trinajstić information content (AvgIpc) is 3.12. The van der Waals surface area contributed by atoms with Crippen molar-refractivity contribution >= 4 is 23.2 Å². The van der Waals surface area contributed by atoms with E-state index in [4.69, 9.17) is 4.74 Å². The predicted molar refractivity (Wildman–Crippen MR) is 84.4 cm³/mol. The number of thiophene rings is 1. The molecule has 0 N–H and O–H groups in total. The van der Waals surface area contributed by atoms with E-state index in [-0.39, 0.29) is 13.0 Å². The summed E-state index contributed by atoms with van der Waals surface area (Å²) in [6.07, 6.45) is -4.72. The summed E-state index contributed by atoms with van der Waals surface area (Å²) in [7, 11) is 0. The SMILES string of the molecule is CC(C)(C)OC(=O)C1C(c2cccs2)N2CCC(=O)N2C1C(F)(F)F. The molecule has 0 saturated carbocycles. The van der Waals surface area contributed by atoms with E-state index in [0.717, 1.165) is 5.01 Å². The Morgan fingerprint density at radius 3 is 2.52 bits per heavy atom. The number of hydrogen-bond acceptors (Lipinski definition) is 5. The summed E-state index contributed by atoms with van der Waals surface area (Å²) in [5, 5.41) is 3.84. The van der Waals surface area contributed by atoms with Crippen molar-refractivity contribution in [1.82, 2.24) is 10.0 Å². The zero-order valence-electron chi connectivity index (χ0n) is 14.0. The molecule has 138 valence electrons. The van der Waals surface area contributed by atoms with E-state index in [9.17, 15) is 22.8 Å². The Hall–Kier alpha value is -1.61. The van der Waals surface area contributed by atoms with Gasteiger partial charge in [-0.3, -0.25) is 14.6 Å². The summed E-state index contributed by atoms with van der Waals surface area (Å²) in [6.45, 7) is 4.98. The number of amides is 1. The Balaban J connectivity index is 2.07. The number of halogens is 3. The topological polar surface area (TPSA) is 49.9 Å². The molecule has 0 bridgehead atoms. The van der Waals surface area contributed by atoms with Crippen molar-refractivity contribution in [2.75, 3.05) is 6.54 Å². The first-order valence-electron chi connectivity index (χ1n) is 7.92. The fourth-order valence-electron chi connectivity index (χ4n) is 3.43. The normalized spacial score (nSPS) is 27.7. The maximum atomic E-state index is 13.8. The fourth-order valence-corrected chi connectivity index (χ4v) is 4.31. The average molecular weight is 376 g/mol. The number of hydrazine groups is 1. The van der Waals surface area contributed by atoms with E-state index in [1.807, 2.05) is 0 Å². The van der Waals surface area contributed by atoms with Gasteiger partial charge in [0.25, 0.3) is 0 Å². The summed E-state index contributed by atoms with van der Waals surface area (Å²) in [6, 6.07) is 0.347. The van der Waals surface area contributed by atoms with E-state index in [1.165, 1.54) is 16.3 Å². The van der Waals surface area contributed by atoms with E-state index in [1.54, 1.807) is 38.3 Å². The molecule has 3 atom stereocenters. The highest BCUT2D eigenvalue weighted by molar-refractivity contribution is 7.10. The summed E-state index contributed by atoms with van der Waals surface area (Å²) >= 11 is 1.27. The molecule has 9 heteroatoms. The van der Waals surface area contributed by atoms with Gasteiger partial charge in [0.15, 0.2) is 6.04 Å². The third kappa shape index (κ3) is 3.27. The summed E-state index contributed by atoms with van der Waals surface area (Å²) < 4.78 is 46.7. The van der Waals surface area contributed by atoms with Crippen LogP contribution in [0, 0.1) is 5.92 Å². The molecule has 3 rings (SSSR count). The minimum Gasteiger partial charge on any atom is -0.460 e. The highest BCUT2D eigenvalue weighted by Crippen LogP contribution is 2.50. The number of alkyl halides is 3. The van der Waals surface area contributed by atoms with Gasteiger partial charge in [0, 0.05) is 17.8 Å². The second-order valence-electron chi connectivity index (χ2n) is 7.16. The van der Waals surface area contributed by atoms with Gasteiger partial charge in [0.1, 0.15) is 11.5 Å². The second kappa shape index (κ2) is 5.98. The van der Waals surface area contributed by atoms with Crippen LogP contribution < -0.4 is 0 Å². The van der Waals surface area contributed by atoms with Crippen LogP contribution >= 0.6 is 11.3 Å². The van der Waals surface area contributed by atoms with Crippen LogP contribution in [-0.4, -0.2) is 46.3 Å². The van der Waals surface area contributed by atoms with Crippen molar-refractivity contribution in [2.24, 2.45) is 5.92 Å². The van der Waals surface area contributed by atoms with Crippen molar-refractivity contribution in [2.45, 2.75) is 51.1 Å². The van der Waals surface area contributed by atoms with Crippen LogP contribution in [0.2, 0.25) is 0 Å². The largest absolute Gasteiger partial charge is 0.460 e. The molecule has 2 aliphatic rings. The zero-order chi connectivity index (χ0) is 18.6. The van der Waals surface area contributed by atoms with Gasteiger partial charge in [-0.2, -0.15) is 13.2 Å². The molecule has 3 unspecified atom stereocenters. The van der Waals surface area contributed by atoms with Gasteiger partial charge in [0.2, 0.25) is 5.91 Å². The van der Waals surface area contributed by atoms with Crippen LogP contribution in [0.25, 0.3) is 0 Å². The lowest BCUT2D eigenvalue weighted by Crippen LogP contribution is -2.50. The number of rotatable bonds is 2. The van der Waals surface area contributed by atoms with Gasteiger partial charge in [0.05, 0.1) is 6.04 Å². The Kier molecular flexibility index (Phi) is 4.35. The van der Waals surface area contributed by atoms with Crippen LogP contribution in [0.15, 0.2) is 17.5 Å². The summed E-state index contributed by atoms with van der Waals surface area (Å²) in [5.41, 5.74) is -0.917. The number of carbonyl (C=O) groups excluding carboxylic acids is 2. The quantitative estimate of drug-likeness (QED) is 0.744. The molecule has 3 heterocycles. The Morgan fingerprint density at radius 1 is 1.32 bits per heavy atom. The molecule has 2 fully saturated rings. The molecule has 25 heavy (non-hydrogen) atoms. The van der Waals surface area contributed by atoms with E-state index in [2.05, 4.69) is 0 Å². The minimum atomic E-state index is -4.73. The number of carbonyl (C=O) groups is 2. The molecule has 0 radical (unpaired) electrons. The van der Waals surface area contributed by atoms with Crippen molar-refractivity contribution < 1.29 is 27.5 Å². The number of esters is 1. The van der Waals surface area contributed by atoms with E-state index in [0.29, 0.717) is 4.88 Å². The monoisotopic (exact) mass is 376 g/mol. The minimum absolute atomic E-state index is 0.00942. The molecule has 0 spiro atoms. The van der Waals surface area contributed by atoms with Crippen molar-refractivity contribution in [1.29, 1.82) is 0 Å². The lowest BCUT2D eigenvalue weighted by atomic mass is 9.91. The van der Waals surface area contributed by atoms with Gasteiger partial charge in [-0.05, 0) is 32.2 Å². The maximum Gasteiger partial charge on any atom is 0.411 e. The molecular formula is C16H19F3N2O3S. The second-order valence-corrected chi connectivity index (χ2v) is 8.14. The Morgan fingerprint density at radius 2 is 2.00 bits per heavy atom. The van der Waals surface area contributed by atoms with Crippen LogP contribution in [0.4, 0.5) is 13.2 Å². The first-order valence-corrected chi connectivity index (χ1v) is 8.80. The number of ether oxygens (including phenoxy) is 1. The van der Waals surface area contributed by atoms with Gasteiger partial charge in [-0.1, -0.05) is 6.07 Å². The molecular weight excluding hydrogens is 357 g/mol. The first kappa shape index (κ1) is 18.2. The lowest BCUT2D eigenvalue weighted by Gasteiger charge is -2.29. The molecule has 0 aromatic carbocycles. The van der Waals surface area contributed by atoms with Crippen LogP contribution in [-0.2, 0) is 14.3 Å². The molecule has 5 nitrogen and oxygen atoms in total. The Labute approximate surface area is 147 Å². The highest BCUT2D eigenvalue weighted by Gasteiger charge is 2.65. The standard InChI is InChI=1S/C16H19F3N2O3S/c1-15(2,3)24-14(23)11-12(9-5-4-8-25-9)20-7-6-10(22)21(20)13(11)16(17,18)19/h4-5,8,11-13H,6-7H2,1-3H3.